The van der Waals surface area contributed by atoms with Gasteiger partial charge >= 0.3 is 0 Å². The lowest BCUT2D eigenvalue weighted by Crippen LogP contribution is -2.43. The fraction of sp³-hybridized carbons (Fsp3) is 0.316. The molecular formula is C19H15IN4. The van der Waals surface area contributed by atoms with Crippen molar-refractivity contribution in [1.82, 2.24) is 0 Å². The third-order valence-corrected chi connectivity index (χ3v) is 6.02. The molecule has 0 saturated heterocycles. The molecule has 0 unspecified atom stereocenters. The van der Waals surface area contributed by atoms with Gasteiger partial charge in [-0.25, -0.2) is 0 Å². The van der Waals surface area contributed by atoms with E-state index in [1.807, 2.05) is 24.3 Å². The maximum atomic E-state index is 9.92. The molecule has 0 fully saturated rings. The molecule has 0 saturated carbocycles. The highest BCUT2D eigenvalue weighted by molar-refractivity contribution is 14.1. The topological polar surface area (TPSA) is 97.4 Å². The Bertz CT molecular complexity index is 862. The van der Waals surface area contributed by atoms with Crippen molar-refractivity contribution < 1.29 is 0 Å². The fourth-order valence-electron chi connectivity index (χ4n) is 3.94. The van der Waals surface area contributed by atoms with Crippen LogP contribution in [0.3, 0.4) is 0 Å². The Hall–Kier alpha value is -2.30. The number of nitrogens with zero attached hydrogens (tertiary/aromatic N) is 3. The lowest BCUT2D eigenvalue weighted by molar-refractivity contribution is 0.316. The molecule has 0 aromatic heterocycles. The van der Waals surface area contributed by atoms with E-state index < -0.39 is 5.41 Å². The standard InChI is InChI=1S/C19H15IN4/c20-16-8-4-3-7-14(16)17-13-6-2-1-5-12(13)15(9-21)18(24)19(17,10-22)11-23/h3-5,7-8,13,17H,1-2,6,24H2/t13-,17+/m0/s1. The van der Waals surface area contributed by atoms with Crippen LogP contribution in [-0.2, 0) is 0 Å². The predicted molar refractivity (Wildman–Crippen MR) is 97.8 cm³/mol. The van der Waals surface area contributed by atoms with Gasteiger partial charge in [0.05, 0.1) is 23.4 Å². The van der Waals surface area contributed by atoms with E-state index in [9.17, 15) is 15.8 Å². The number of hydrogen-bond donors (Lipinski definition) is 1. The van der Waals surface area contributed by atoms with E-state index in [0.29, 0.717) is 5.57 Å². The van der Waals surface area contributed by atoms with Gasteiger partial charge in [0, 0.05) is 9.49 Å². The summed E-state index contributed by atoms with van der Waals surface area (Å²) < 4.78 is 1.01. The molecule has 0 bridgehead atoms. The zero-order chi connectivity index (χ0) is 17.3. The lowest BCUT2D eigenvalue weighted by Gasteiger charge is -2.43. The molecule has 3 rings (SSSR count). The second-order valence-electron chi connectivity index (χ2n) is 6.13. The Morgan fingerprint density at radius 1 is 1.17 bits per heavy atom. The summed E-state index contributed by atoms with van der Waals surface area (Å²) in [6.07, 6.45) is 4.79. The van der Waals surface area contributed by atoms with Crippen LogP contribution in [0.15, 0.2) is 47.2 Å². The minimum atomic E-state index is -1.51. The molecular weight excluding hydrogens is 411 g/mol. The Morgan fingerprint density at radius 2 is 1.88 bits per heavy atom. The molecule has 24 heavy (non-hydrogen) atoms. The van der Waals surface area contributed by atoms with Gasteiger partial charge in [-0.05, 0) is 65.0 Å². The Balaban J connectivity index is 2.37. The van der Waals surface area contributed by atoms with Gasteiger partial charge in [-0.2, -0.15) is 15.8 Å². The highest BCUT2D eigenvalue weighted by atomic mass is 127. The van der Waals surface area contributed by atoms with E-state index in [-0.39, 0.29) is 17.5 Å². The van der Waals surface area contributed by atoms with Gasteiger partial charge in [-0.15, -0.1) is 0 Å². The van der Waals surface area contributed by atoms with Crippen LogP contribution in [0.2, 0.25) is 0 Å². The first kappa shape index (κ1) is 16.6. The molecule has 0 amide bonds. The summed E-state index contributed by atoms with van der Waals surface area (Å²) in [4.78, 5) is 0. The summed E-state index contributed by atoms with van der Waals surface area (Å²) in [5, 5.41) is 29.4. The van der Waals surface area contributed by atoms with E-state index in [0.717, 1.165) is 34.0 Å². The maximum Gasteiger partial charge on any atom is 0.191 e. The molecule has 1 aromatic rings. The molecule has 0 spiro atoms. The van der Waals surface area contributed by atoms with Gasteiger partial charge in [-0.1, -0.05) is 24.3 Å². The van der Waals surface area contributed by atoms with Gasteiger partial charge in [0.2, 0.25) is 0 Å². The Kier molecular flexibility index (Phi) is 4.35. The van der Waals surface area contributed by atoms with E-state index in [2.05, 4.69) is 46.9 Å². The predicted octanol–water partition coefficient (Wildman–Crippen LogP) is 3.88. The van der Waals surface area contributed by atoms with E-state index in [1.54, 1.807) is 0 Å². The van der Waals surface area contributed by atoms with Crippen molar-refractivity contribution in [2.45, 2.75) is 25.2 Å². The molecule has 2 N–H and O–H groups in total. The highest BCUT2D eigenvalue weighted by Gasteiger charge is 2.54. The van der Waals surface area contributed by atoms with E-state index >= 15 is 0 Å². The summed E-state index contributed by atoms with van der Waals surface area (Å²) in [5.41, 5.74) is 7.03. The van der Waals surface area contributed by atoms with Crippen LogP contribution in [0.5, 0.6) is 0 Å². The van der Waals surface area contributed by atoms with Crippen molar-refractivity contribution in [2.75, 3.05) is 0 Å². The summed E-state index contributed by atoms with van der Waals surface area (Å²) in [6.45, 7) is 0. The zero-order valence-corrected chi connectivity index (χ0v) is 15.1. The third kappa shape index (κ3) is 2.22. The molecule has 5 heteroatoms. The minimum absolute atomic E-state index is 0.0316. The molecule has 0 aliphatic heterocycles. The SMILES string of the molecule is N#CC1=C(N)C(C#N)(C#N)[C@@H](c2ccccc2I)[C@H]2CCCC=C12. The number of halogens is 1. The number of allylic oxidation sites excluding steroid dienone is 4. The van der Waals surface area contributed by atoms with Crippen molar-refractivity contribution in [3.05, 3.63) is 56.3 Å². The Labute approximate surface area is 155 Å². The molecule has 0 heterocycles. The average Bonchev–Trinajstić information content (AvgIpc) is 2.62. The van der Waals surface area contributed by atoms with Crippen LogP contribution >= 0.6 is 22.6 Å². The summed E-state index contributed by atoms with van der Waals surface area (Å²) in [7, 11) is 0. The number of fused-ring (bicyclic) bond motifs is 1. The summed E-state index contributed by atoms with van der Waals surface area (Å²) in [5.74, 6) is -0.389. The van der Waals surface area contributed by atoms with Crippen LogP contribution in [0.1, 0.15) is 30.7 Å². The van der Waals surface area contributed by atoms with Crippen molar-refractivity contribution in [3.63, 3.8) is 0 Å². The van der Waals surface area contributed by atoms with E-state index in [1.165, 1.54) is 0 Å². The van der Waals surface area contributed by atoms with Gasteiger partial charge in [0.1, 0.15) is 6.07 Å². The van der Waals surface area contributed by atoms with Crippen LogP contribution in [-0.4, -0.2) is 0 Å². The molecule has 1 aromatic carbocycles. The number of nitrogens with two attached hydrogens (primary N) is 1. The van der Waals surface area contributed by atoms with Gasteiger partial charge in [0.15, 0.2) is 5.41 Å². The van der Waals surface area contributed by atoms with Crippen molar-refractivity contribution in [3.8, 4) is 18.2 Å². The molecule has 0 radical (unpaired) electrons. The van der Waals surface area contributed by atoms with Crippen molar-refractivity contribution in [1.29, 1.82) is 15.8 Å². The maximum absolute atomic E-state index is 9.92. The highest BCUT2D eigenvalue weighted by Crippen LogP contribution is 2.56. The number of benzene rings is 1. The minimum Gasteiger partial charge on any atom is -0.399 e. The van der Waals surface area contributed by atoms with Gasteiger partial charge in [0.25, 0.3) is 0 Å². The van der Waals surface area contributed by atoms with Crippen LogP contribution < -0.4 is 5.73 Å². The normalized spacial score (nSPS) is 24.8. The fourth-order valence-corrected chi connectivity index (χ4v) is 4.67. The monoisotopic (exact) mass is 426 g/mol. The first-order valence-electron chi connectivity index (χ1n) is 7.78. The second-order valence-corrected chi connectivity index (χ2v) is 7.29. The van der Waals surface area contributed by atoms with Crippen molar-refractivity contribution >= 4 is 22.6 Å². The molecule has 2 aliphatic rings. The molecule has 2 atom stereocenters. The second kappa shape index (κ2) is 6.30. The third-order valence-electron chi connectivity index (χ3n) is 5.04. The first-order valence-corrected chi connectivity index (χ1v) is 8.86. The Morgan fingerprint density at radius 3 is 2.50 bits per heavy atom. The van der Waals surface area contributed by atoms with Gasteiger partial charge < -0.3 is 5.73 Å². The van der Waals surface area contributed by atoms with Gasteiger partial charge in [-0.3, -0.25) is 0 Å². The van der Waals surface area contributed by atoms with Crippen LogP contribution in [0.4, 0.5) is 0 Å². The quantitative estimate of drug-likeness (QED) is 0.689. The molecule has 118 valence electrons. The summed E-state index contributed by atoms with van der Waals surface area (Å²) >= 11 is 2.24. The number of nitriles is 3. The first-order chi connectivity index (χ1) is 11.6. The average molecular weight is 426 g/mol. The van der Waals surface area contributed by atoms with Crippen molar-refractivity contribution in [2.24, 2.45) is 17.1 Å². The molecule has 2 aliphatic carbocycles. The lowest BCUT2D eigenvalue weighted by atomic mass is 9.57. The largest absolute Gasteiger partial charge is 0.399 e. The number of hydrogen-bond acceptors (Lipinski definition) is 4. The summed E-state index contributed by atoms with van der Waals surface area (Å²) in [6, 6.07) is 14.3. The molecule has 4 nitrogen and oxygen atoms in total. The number of rotatable bonds is 1. The van der Waals surface area contributed by atoms with Crippen LogP contribution in [0.25, 0.3) is 0 Å². The van der Waals surface area contributed by atoms with E-state index in [4.69, 9.17) is 5.73 Å². The van der Waals surface area contributed by atoms with Crippen LogP contribution in [0, 0.1) is 48.9 Å². The smallest absolute Gasteiger partial charge is 0.191 e. The zero-order valence-electron chi connectivity index (χ0n) is 13.0.